The molecule has 0 saturated carbocycles. The molecule has 0 aromatic heterocycles. The number of nitrogens with one attached hydrogen (secondary N) is 1. The van der Waals surface area contributed by atoms with Crippen LogP contribution < -0.4 is 14.8 Å². The second-order valence-corrected chi connectivity index (χ2v) is 9.23. The lowest BCUT2D eigenvalue weighted by Crippen LogP contribution is -2.48. The molecule has 1 N–H and O–H groups in total. The Morgan fingerprint density at radius 1 is 0.879 bits per heavy atom. The van der Waals surface area contributed by atoms with Crippen molar-refractivity contribution in [2.45, 2.75) is 36.6 Å². The van der Waals surface area contributed by atoms with E-state index >= 15 is 0 Å². The maximum atomic E-state index is 5.74. The number of methoxy groups -OCH3 is 2. The molecule has 3 aromatic carbocycles. The van der Waals surface area contributed by atoms with Gasteiger partial charge in [0, 0.05) is 37.1 Å². The Labute approximate surface area is 196 Å². The van der Waals surface area contributed by atoms with Gasteiger partial charge in [-0.3, -0.25) is 0 Å². The van der Waals surface area contributed by atoms with Crippen LogP contribution in [0.1, 0.15) is 53.5 Å². The molecule has 4 heteroatoms. The summed E-state index contributed by atoms with van der Waals surface area (Å²) in [5.41, 5.74) is 5.50. The van der Waals surface area contributed by atoms with E-state index < -0.39 is 0 Å². The molecule has 2 aliphatic rings. The predicted octanol–water partition coefficient (Wildman–Crippen LogP) is 5.62. The average Bonchev–Trinajstić information content (AvgIpc) is 2.89. The fraction of sp³-hybridized carbons (Fsp3) is 0.379. The van der Waals surface area contributed by atoms with Crippen LogP contribution in [-0.4, -0.2) is 34.0 Å². The van der Waals surface area contributed by atoms with Crippen molar-refractivity contribution in [1.29, 1.82) is 0 Å². The van der Waals surface area contributed by atoms with Crippen LogP contribution in [0.3, 0.4) is 0 Å². The highest BCUT2D eigenvalue weighted by molar-refractivity contribution is 5.53. The molecule has 0 aliphatic carbocycles. The Bertz CT molecular complexity index is 1020. The van der Waals surface area contributed by atoms with Gasteiger partial charge in [0.2, 0.25) is 0 Å². The smallest absolute Gasteiger partial charge is 0.161 e. The van der Waals surface area contributed by atoms with Crippen molar-refractivity contribution < 1.29 is 14.2 Å². The zero-order valence-corrected chi connectivity index (χ0v) is 19.6. The van der Waals surface area contributed by atoms with Crippen molar-refractivity contribution >= 4 is 0 Å². The maximum absolute atomic E-state index is 5.74. The van der Waals surface area contributed by atoms with Crippen molar-refractivity contribution in [2.75, 3.05) is 34.0 Å². The summed E-state index contributed by atoms with van der Waals surface area (Å²) in [5, 5.41) is 3.94. The maximum Gasteiger partial charge on any atom is 0.161 e. The first-order valence-electron chi connectivity index (χ1n) is 11.9. The Hall–Kier alpha value is -2.82. The largest absolute Gasteiger partial charge is 0.493 e. The normalized spacial score (nSPS) is 19.3. The third-order valence-electron chi connectivity index (χ3n) is 7.51. The van der Waals surface area contributed by atoms with E-state index in [0.29, 0.717) is 5.92 Å². The first kappa shape index (κ1) is 22.0. The van der Waals surface area contributed by atoms with Crippen LogP contribution in [-0.2, 0) is 10.2 Å². The van der Waals surface area contributed by atoms with Gasteiger partial charge in [0.15, 0.2) is 11.5 Å². The number of fused-ring (bicyclic) bond motifs is 2. The fourth-order valence-corrected chi connectivity index (χ4v) is 5.66. The van der Waals surface area contributed by atoms with Gasteiger partial charge in [-0.15, -0.1) is 0 Å². The van der Waals surface area contributed by atoms with Gasteiger partial charge in [-0.1, -0.05) is 60.7 Å². The highest BCUT2D eigenvalue weighted by Crippen LogP contribution is 2.48. The molecule has 33 heavy (non-hydrogen) atoms. The van der Waals surface area contributed by atoms with Crippen LogP contribution in [0.25, 0.3) is 0 Å². The summed E-state index contributed by atoms with van der Waals surface area (Å²) in [7, 11) is 3.44. The molecule has 2 aliphatic heterocycles. The molecule has 172 valence electrons. The lowest BCUT2D eigenvalue weighted by molar-refractivity contribution is 0.0448. The number of ether oxygens (including phenoxy) is 3. The first-order valence-corrected chi connectivity index (χ1v) is 11.9. The van der Waals surface area contributed by atoms with E-state index in [4.69, 9.17) is 14.2 Å². The number of hydrogen-bond acceptors (Lipinski definition) is 4. The molecular weight excluding hydrogens is 410 g/mol. The minimum atomic E-state index is 0.0820. The second-order valence-electron chi connectivity index (χ2n) is 9.23. The second kappa shape index (κ2) is 9.58. The zero-order chi connectivity index (χ0) is 22.7. The molecule has 0 bridgehead atoms. The van der Waals surface area contributed by atoms with E-state index in [9.17, 15) is 0 Å². The average molecular weight is 444 g/mol. The van der Waals surface area contributed by atoms with Crippen LogP contribution in [0, 0.1) is 0 Å². The summed E-state index contributed by atoms with van der Waals surface area (Å²) >= 11 is 0. The molecule has 5 rings (SSSR count). The predicted molar refractivity (Wildman–Crippen MR) is 131 cm³/mol. The van der Waals surface area contributed by atoms with E-state index in [1.807, 2.05) is 0 Å². The van der Waals surface area contributed by atoms with Gasteiger partial charge < -0.3 is 19.5 Å². The molecule has 1 saturated heterocycles. The number of hydrogen-bond donors (Lipinski definition) is 1. The molecule has 4 nitrogen and oxygen atoms in total. The van der Waals surface area contributed by atoms with Crippen molar-refractivity contribution in [3.8, 4) is 11.5 Å². The molecule has 0 unspecified atom stereocenters. The van der Waals surface area contributed by atoms with Gasteiger partial charge in [0.05, 0.1) is 14.2 Å². The quantitative estimate of drug-likeness (QED) is 0.537. The third kappa shape index (κ3) is 4.25. The Morgan fingerprint density at radius 2 is 1.45 bits per heavy atom. The highest BCUT2D eigenvalue weighted by atomic mass is 16.5. The topological polar surface area (TPSA) is 39.7 Å². The van der Waals surface area contributed by atoms with Crippen molar-refractivity contribution in [3.05, 3.63) is 95.1 Å². The van der Waals surface area contributed by atoms with E-state index in [0.717, 1.165) is 50.5 Å². The molecular formula is C29H33NO3. The Balaban J connectivity index is 1.57. The molecule has 2 heterocycles. The van der Waals surface area contributed by atoms with Gasteiger partial charge in [0.25, 0.3) is 0 Å². The van der Waals surface area contributed by atoms with Crippen LogP contribution in [0.15, 0.2) is 72.8 Å². The summed E-state index contributed by atoms with van der Waals surface area (Å²) < 4.78 is 17.2. The fourth-order valence-electron chi connectivity index (χ4n) is 5.66. The molecule has 3 aromatic rings. The molecule has 0 radical (unpaired) electrons. The summed E-state index contributed by atoms with van der Waals surface area (Å²) in [4.78, 5) is 0. The van der Waals surface area contributed by atoms with Crippen molar-refractivity contribution in [3.63, 3.8) is 0 Å². The van der Waals surface area contributed by atoms with E-state index in [1.54, 1.807) is 14.2 Å². The lowest BCUT2D eigenvalue weighted by atomic mass is 9.68. The molecule has 1 atom stereocenters. The number of benzene rings is 3. The molecule has 0 amide bonds. The molecule has 1 fully saturated rings. The summed E-state index contributed by atoms with van der Waals surface area (Å²) in [5.74, 6) is 1.91. The van der Waals surface area contributed by atoms with Crippen LogP contribution in [0.2, 0.25) is 0 Å². The summed E-state index contributed by atoms with van der Waals surface area (Å²) in [6.45, 7) is 2.56. The van der Waals surface area contributed by atoms with E-state index in [1.165, 1.54) is 22.3 Å². The van der Waals surface area contributed by atoms with E-state index in [-0.39, 0.29) is 11.5 Å². The van der Waals surface area contributed by atoms with Crippen LogP contribution in [0.4, 0.5) is 0 Å². The van der Waals surface area contributed by atoms with Gasteiger partial charge in [0.1, 0.15) is 0 Å². The summed E-state index contributed by atoms with van der Waals surface area (Å²) in [6.07, 6.45) is 3.02. The monoisotopic (exact) mass is 443 g/mol. The minimum Gasteiger partial charge on any atom is -0.493 e. The first-order chi connectivity index (χ1) is 16.2. The van der Waals surface area contributed by atoms with Gasteiger partial charge in [-0.05, 0) is 53.6 Å². The zero-order valence-electron chi connectivity index (χ0n) is 19.6. The van der Waals surface area contributed by atoms with Crippen LogP contribution >= 0.6 is 0 Å². The SMILES string of the molecule is COc1cc2c(cc1OC)C1(CCOCC1)CN[C@H]2CC(c1ccccc1)c1ccccc1. The molecule has 1 spiro atoms. The van der Waals surface area contributed by atoms with Gasteiger partial charge >= 0.3 is 0 Å². The van der Waals surface area contributed by atoms with Crippen LogP contribution in [0.5, 0.6) is 11.5 Å². The highest BCUT2D eigenvalue weighted by Gasteiger charge is 2.42. The third-order valence-corrected chi connectivity index (χ3v) is 7.51. The summed E-state index contributed by atoms with van der Waals surface area (Å²) in [6, 6.07) is 26.4. The Morgan fingerprint density at radius 3 is 2.03 bits per heavy atom. The number of rotatable bonds is 6. The van der Waals surface area contributed by atoms with Crippen molar-refractivity contribution in [1.82, 2.24) is 5.32 Å². The minimum absolute atomic E-state index is 0.0820. The van der Waals surface area contributed by atoms with E-state index in [2.05, 4.69) is 78.1 Å². The standard InChI is InChI=1S/C29H33NO3/c1-31-27-18-24-25(19-28(27)32-2)29(13-15-33-16-14-29)20-30-26(24)17-23(21-9-5-3-6-10-21)22-11-7-4-8-12-22/h3-12,18-19,23,26,30H,13-17,20H2,1-2H3/t26-/m0/s1. The van der Waals surface area contributed by atoms with Gasteiger partial charge in [-0.25, -0.2) is 0 Å². The van der Waals surface area contributed by atoms with Crippen molar-refractivity contribution in [2.24, 2.45) is 0 Å². The lowest BCUT2D eigenvalue weighted by Gasteiger charge is -2.46. The van der Waals surface area contributed by atoms with Gasteiger partial charge in [-0.2, -0.15) is 0 Å². The Kier molecular flexibility index (Phi) is 6.39.